The normalized spacial score (nSPS) is 20.7. The fourth-order valence-electron chi connectivity index (χ4n) is 1.10. The van der Waals surface area contributed by atoms with Crippen molar-refractivity contribution in [3.05, 3.63) is 24.3 Å². The van der Waals surface area contributed by atoms with Crippen LogP contribution in [0.5, 0.6) is 0 Å². The highest BCUT2D eigenvalue weighted by molar-refractivity contribution is 5.84. The van der Waals surface area contributed by atoms with E-state index in [0.717, 1.165) is 17.6 Å². The molecule has 1 nitrogen and oxygen atoms in total. The van der Waals surface area contributed by atoms with Crippen LogP contribution in [0.1, 0.15) is 19.3 Å². The Labute approximate surface area is 55.1 Å². The highest BCUT2D eigenvalue weighted by Gasteiger charge is 2.13. The molecule has 0 radical (unpaired) electrons. The van der Waals surface area contributed by atoms with E-state index < -0.39 is 0 Å². The van der Waals surface area contributed by atoms with Crippen LogP contribution in [-0.2, 0) is 4.79 Å². The first kappa shape index (κ1) is 6.27. The molecule has 0 spiro atoms. The Morgan fingerprint density at radius 3 is 1.78 bits per heavy atom. The maximum Gasteiger partial charge on any atom is 0.140 e. The van der Waals surface area contributed by atoms with Gasteiger partial charge < -0.3 is 0 Å². The summed E-state index contributed by atoms with van der Waals surface area (Å²) in [5.41, 5.74) is 2.02. The molecule has 0 unspecified atom stereocenters. The van der Waals surface area contributed by atoms with E-state index in [0.29, 0.717) is 12.8 Å². The first-order valence-electron chi connectivity index (χ1n) is 3.03. The predicted octanol–water partition coefficient (Wildman–Crippen LogP) is 1.85. The molecule has 1 aliphatic rings. The van der Waals surface area contributed by atoms with Crippen molar-refractivity contribution in [3.8, 4) is 0 Å². The molecule has 1 heteroatoms. The van der Waals surface area contributed by atoms with Crippen molar-refractivity contribution in [1.29, 1.82) is 0 Å². The third kappa shape index (κ3) is 1.53. The van der Waals surface area contributed by atoms with E-state index >= 15 is 0 Å². The molecule has 0 saturated heterocycles. The Balaban J connectivity index is 2.64. The number of rotatable bonds is 0. The Morgan fingerprint density at radius 1 is 1.00 bits per heavy atom. The van der Waals surface area contributed by atoms with Crippen LogP contribution in [0, 0.1) is 0 Å². The predicted molar refractivity (Wildman–Crippen MR) is 37.1 cm³/mol. The van der Waals surface area contributed by atoms with Gasteiger partial charge in [-0.05, 0) is 6.42 Å². The van der Waals surface area contributed by atoms with Crippen molar-refractivity contribution in [2.24, 2.45) is 0 Å². The third-order valence-electron chi connectivity index (χ3n) is 1.39. The van der Waals surface area contributed by atoms with Crippen molar-refractivity contribution in [2.45, 2.75) is 19.3 Å². The summed E-state index contributed by atoms with van der Waals surface area (Å²) in [7, 11) is 0. The van der Waals surface area contributed by atoms with Gasteiger partial charge in [0.25, 0.3) is 0 Å². The summed E-state index contributed by atoms with van der Waals surface area (Å²) in [4.78, 5) is 10.8. The molecule has 0 aliphatic heterocycles. The van der Waals surface area contributed by atoms with Gasteiger partial charge in [-0.25, -0.2) is 0 Å². The topological polar surface area (TPSA) is 17.1 Å². The summed E-state index contributed by atoms with van der Waals surface area (Å²) >= 11 is 0. The van der Waals surface area contributed by atoms with Gasteiger partial charge in [0.05, 0.1) is 0 Å². The number of Topliss-reactive ketones (excluding diaryl/α,β-unsaturated/α-hetero) is 1. The average molecular weight is 122 g/mol. The summed E-state index contributed by atoms with van der Waals surface area (Å²) in [5.74, 6) is 0.260. The van der Waals surface area contributed by atoms with Gasteiger partial charge in [-0.2, -0.15) is 0 Å². The smallest absolute Gasteiger partial charge is 0.140 e. The zero-order chi connectivity index (χ0) is 6.85. The zero-order valence-electron chi connectivity index (χ0n) is 5.44. The standard InChI is InChI=1S/C8H10O/c1-6-3-7(2)5-8(9)4-6/h1-5H2. The molecule has 0 heterocycles. The Hall–Kier alpha value is -0.850. The molecule has 9 heavy (non-hydrogen) atoms. The molecule has 0 bridgehead atoms. The Morgan fingerprint density at radius 2 is 1.44 bits per heavy atom. The first-order valence-corrected chi connectivity index (χ1v) is 3.03. The maximum atomic E-state index is 10.8. The second kappa shape index (κ2) is 2.18. The van der Waals surface area contributed by atoms with E-state index in [4.69, 9.17) is 0 Å². The molecule has 0 aromatic heterocycles. The van der Waals surface area contributed by atoms with E-state index in [1.165, 1.54) is 0 Å². The van der Waals surface area contributed by atoms with E-state index in [1.807, 2.05) is 0 Å². The van der Waals surface area contributed by atoms with Crippen molar-refractivity contribution in [3.63, 3.8) is 0 Å². The monoisotopic (exact) mass is 122 g/mol. The van der Waals surface area contributed by atoms with Gasteiger partial charge in [0.2, 0.25) is 0 Å². The van der Waals surface area contributed by atoms with Crippen molar-refractivity contribution < 1.29 is 4.79 Å². The number of hydrogen-bond acceptors (Lipinski definition) is 1. The summed E-state index contributed by atoms with van der Waals surface area (Å²) in [6.45, 7) is 7.47. The highest BCUT2D eigenvalue weighted by Crippen LogP contribution is 2.21. The number of carbonyl (C=O) groups excluding carboxylic acids is 1. The molecule has 48 valence electrons. The first-order chi connectivity index (χ1) is 4.18. The van der Waals surface area contributed by atoms with E-state index in [1.54, 1.807) is 0 Å². The van der Waals surface area contributed by atoms with Crippen LogP contribution in [0.15, 0.2) is 24.3 Å². The lowest BCUT2D eigenvalue weighted by molar-refractivity contribution is -0.118. The fraction of sp³-hybridized carbons (Fsp3) is 0.375. The van der Waals surface area contributed by atoms with Crippen LogP contribution in [0.2, 0.25) is 0 Å². The quantitative estimate of drug-likeness (QED) is 0.448. The molecule has 1 aliphatic carbocycles. The number of carbonyl (C=O) groups is 1. The molecule has 0 aromatic rings. The Bertz CT molecular complexity index is 132. The molecule has 1 fully saturated rings. The summed E-state index contributed by atoms with van der Waals surface area (Å²) < 4.78 is 0. The van der Waals surface area contributed by atoms with Gasteiger partial charge in [0.15, 0.2) is 0 Å². The number of ketones is 1. The molecule has 1 rings (SSSR count). The van der Waals surface area contributed by atoms with Gasteiger partial charge >= 0.3 is 0 Å². The van der Waals surface area contributed by atoms with Crippen molar-refractivity contribution >= 4 is 5.78 Å². The molecule has 0 amide bonds. The SMILES string of the molecule is C=C1CC(=C)CC(=O)C1. The van der Waals surface area contributed by atoms with Gasteiger partial charge in [-0.15, -0.1) is 0 Å². The van der Waals surface area contributed by atoms with Crippen LogP contribution < -0.4 is 0 Å². The van der Waals surface area contributed by atoms with Crippen LogP contribution in [0.4, 0.5) is 0 Å². The van der Waals surface area contributed by atoms with Crippen molar-refractivity contribution in [1.82, 2.24) is 0 Å². The lowest BCUT2D eigenvalue weighted by atomic mass is 9.92. The average Bonchev–Trinajstić information content (AvgIpc) is 1.59. The summed E-state index contributed by atoms with van der Waals surface area (Å²) in [6.07, 6.45) is 1.99. The van der Waals surface area contributed by atoms with Crippen LogP contribution in [0.3, 0.4) is 0 Å². The second-order valence-electron chi connectivity index (χ2n) is 2.57. The van der Waals surface area contributed by atoms with Crippen LogP contribution in [-0.4, -0.2) is 5.78 Å². The molecule has 0 atom stereocenters. The lowest BCUT2D eigenvalue weighted by Gasteiger charge is -2.13. The minimum absolute atomic E-state index is 0.260. The molecule has 0 N–H and O–H groups in total. The summed E-state index contributed by atoms with van der Waals surface area (Å²) in [5, 5.41) is 0. The zero-order valence-corrected chi connectivity index (χ0v) is 5.44. The van der Waals surface area contributed by atoms with Gasteiger partial charge in [0, 0.05) is 12.8 Å². The van der Waals surface area contributed by atoms with Gasteiger partial charge in [0.1, 0.15) is 5.78 Å². The van der Waals surface area contributed by atoms with Gasteiger partial charge in [-0.3, -0.25) is 4.79 Å². The Kier molecular flexibility index (Phi) is 1.52. The van der Waals surface area contributed by atoms with E-state index in [-0.39, 0.29) is 5.78 Å². The fourth-order valence-corrected chi connectivity index (χ4v) is 1.10. The minimum atomic E-state index is 0.260. The molecule has 1 saturated carbocycles. The second-order valence-corrected chi connectivity index (χ2v) is 2.57. The molecule has 0 aromatic carbocycles. The van der Waals surface area contributed by atoms with Crippen molar-refractivity contribution in [2.75, 3.05) is 0 Å². The maximum absolute atomic E-state index is 10.8. The van der Waals surface area contributed by atoms with E-state index in [9.17, 15) is 4.79 Å². The summed E-state index contributed by atoms with van der Waals surface area (Å²) in [6, 6.07) is 0. The lowest BCUT2D eigenvalue weighted by Crippen LogP contribution is -2.07. The third-order valence-corrected chi connectivity index (χ3v) is 1.39. The highest BCUT2D eigenvalue weighted by atomic mass is 16.1. The number of hydrogen-bond donors (Lipinski definition) is 0. The molecular weight excluding hydrogens is 112 g/mol. The van der Waals surface area contributed by atoms with Gasteiger partial charge in [-0.1, -0.05) is 24.3 Å². The number of allylic oxidation sites excluding steroid dienone is 2. The minimum Gasteiger partial charge on any atom is -0.299 e. The molecular formula is C8H10O. The van der Waals surface area contributed by atoms with Crippen LogP contribution in [0.25, 0.3) is 0 Å². The van der Waals surface area contributed by atoms with Crippen LogP contribution >= 0.6 is 0 Å². The van der Waals surface area contributed by atoms with E-state index in [2.05, 4.69) is 13.2 Å². The largest absolute Gasteiger partial charge is 0.299 e.